The molecule has 0 aliphatic heterocycles. The summed E-state index contributed by atoms with van der Waals surface area (Å²) in [6.45, 7) is 7.02. The van der Waals surface area contributed by atoms with E-state index in [1.807, 2.05) is 0 Å². The minimum atomic E-state index is -1.08. The number of amides is 1. The van der Waals surface area contributed by atoms with Crippen LogP contribution in [0.3, 0.4) is 0 Å². The molecule has 1 unspecified atom stereocenters. The fourth-order valence-corrected chi connectivity index (χ4v) is 0.959. The Labute approximate surface area is 89.3 Å². The minimum Gasteiger partial charge on any atom is -0.480 e. The molecule has 2 atom stereocenters. The highest BCUT2D eigenvalue weighted by Crippen LogP contribution is 2.00. The van der Waals surface area contributed by atoms with E-state index in [2.05, 4.69) is 11.9 Å². The smallest absolute Gasteiger partial charge is 0.326 e. The Morgan fingerprint density at radius 2 is 2.07 bits per heavy atom. The highest BCUT2D eigenvalue weighted by molar-refractivity contribution is 5.86. The summed E-state index contributed by atoms with van der Waals surface area (Å²) in [5.74, 6) is -1.55. The third-order valence-corrected chi connectivity index (χ3v) is 2.04. The van der Waals surface area contributed by atoms with Crippen molar-refractivity contribution in [2.45, 2.75) is 32.4 Å². The van der Waals surface area contributed by atoms with Crippen LogP contribution in [0.25, 0.3) is 0 Å². The first-order valence-corrected chi connectivity index (χ1v) is 4.79. The normalized spacial score (nSPS) is 14.4. The maximum Gasteiger partial charge on any atom is 0.326 e. The van der Waals surface area contributed by atoms with Gasteiger partial charge in [-0.25, -0.2) is 4.79 Å². The fraction of sp³-hybridized carbons (Fsp3) is 0.600. The average Bonchev–Trinajstić information content (AvgIpc) is 2.15. The number of carboxylic acids is 1. The summed E-state index contributed by atoms with van der Waals surface area (Å²) in [6.07, 6.45) is 1.63. The lowest BCUT2D eigenvalue weighted by molar-refractivity contribution is -0.142. The second-order valence-electron chi connectivity index (χ2n) is 3.69. The molecular formula is C10H18N2O3. The molecule has 0 bridgehead atoms. The second-order valence-corrected chi connectivity index (χ2v) is 3.69. The van der Waals surface area contributed by atoms with Crippen molar-refractivity contribution in [2.75, 3.05) is 0 Å². The van der Waals surface area contributed by atoms with Gasteiger partial charge in [-0.05, 0) is 12.3 Å². The van der Waals surface area contributed by atoms with Gasteiger partial charge >= 0.3 is 5.97 Å². The van der Waals surface area contributed by atoms with E-state index in [0.29, 0.717) is 0 Å². The number of carbonyl (C=O) groups excluding carboxylic acids is 1. The van der Waals surface area contributed by atoms with Crippen molar-refractivity contribution in [2.24, 2.45) is 11.7 Å². The van der Waals surface area contributed by atoms with Gasteiger partial charge in [0.25, 0.3) is 0 Å². The monoisotopic (exact) mass is 214 g/mol. The van der Waals surface area contributed by atoms with E-state index in [1.54, 1.807) is 13.8 Å². The number of carboxylic acid groups (broad SMARTS) is 1. The Morgan fingerprint density at radius 1 is 1.53 bits per heavy atom. The van der Waals surface area contributed by atoms with Crippen LogP contribution in [0, 0.1) is 5.92 Å². The van der Waals surface area contributed by atoms with Gasteiger partial charge in [-0.2, -0.15) is 0 Å². The maximum absolute atomic E-state index is 11.4. The zero-order valence-electron chi connectivity index (χ0n) is 9.06. The van der Waals surface area contributed by atoms with Crippen LogP contribution in [0.2, 0.25) is 0 Å². The van der Waals surface area contributed by atoms with Crippen LogP contribution in [0.15, 0.2) is 12.7 Å². The lowest BCUT2D eigenvalue weighted by Gasteiger charge is -2.18. The van der Waals surface area contributed by atoms with Gasteiger partial charge in [-0.15, -0.1) is 6.58 Å². The Morgan fingerprint density at radius 3 is 2.40 bits per heavy atom. The van der Waals surface area contributed by atoms with Crippen LogP contribution in [-0.4, -0.2) is 29.1 Å². The van der Waals surface area contributed by atoms with E-state index in [1.165, 1.54) is 6.08 Å². The molecule has 0 heterocycles. The summed E-state index contributed by atoms with van der Waals surface area (Å²) >= 11 is 0. The Kier molecular flexibility index (Phi) is 5.62. The summed E-state index contributed by atoms with van der Waals surface area (Å²) in [6, 6.07) is -1.63. The van der Waals surface area contributed by atoms with Crippen LogP contribution in [-0.2, 0) is 9.59 Å². The van der Waals surface area contributed by atoms with Crippen LogP contribution in [0.1, 0.15) is 20.3 Å². The molecule has 0 fully saturated rings. The molecule has 0 spiro atoms. The quantitative estimate of drug-likeness (QED) is 0.547. The number of nitrogens with two attached hydrogens (primary N) is 1. The van der Waals surface area contributed by atoms with Gasteiger partial charge in [0.1, 0.15) is 6.04 Å². The van der Waals surface area contributed by atoms with Gasteiger partial charge in [0.2, 0.25) is 5.91 Å². The topological polar surface area (TPSA) is 92.4 Å². The van der Waals surface area contributed by atoms with E-state index in [9.17, 15) is 9.59 Å². The molecule has 0 saturated carbocycles. The molecule has 15 heavy (non-hydrogen) atoms. The third kappa shape index (κ3) is 4.60. The first kappa shape index (κ1) is 13.6. The summed E-state index contributed by atoms with van der Waals surface area (Å²) in [7, 11) is 0. The zero-order chi connectivity index (χ0) is 12.0. The van der Waals surface area contributed by atoms with Gasteiger partial charge in [-0.3, -0.25) is 4.79 Å². The second kappa shape index (κ2) is 6.19. The Hall–Kier alpha value is -1.36. The molecule has 5 heteroatoms. The highest BCUT2D eigenvalue weighted by Gasteiger charge is 2.23. The lowest BCUT2D eigenvalue weighted by Crippen LogP contribution is -2.50. The molecule has 0 saturated heterocycles. The number of hydrogen-bond acceptors (Lipinski definition) is 3. The molecule has 86 valence electrons. The SMILES string of the molecule is C=CCC(NC(=O)[C@@H](N)C(C)C)C(=O)O. The Balaban J connectivity index is 4.34. The Bertz CT molecular complexity index is 251. The maximum atomic E-state index is 11.4. The molecule has 0 aromatic heterocycles. The van der Waals surface area contributed by atoms with E-state index in [4.69, 9.17) is 10.8 Å². The third-order valence-electron chi connectivity index (χ3n) is 2.04. The predicted molar refractivity (Wildman–Crippen MR) is 57.2 cm³/mol. The van der Waals surface area contributed by atoms with Crippen molar-refractivity contribution in [3.63, 3.8) is 0 Å². The van der Waals surface area contributed by atoms with E-state index in [0.717, 1.165) is 0 Å². The molecule has 0 radical (unpaired) electrons. The first-order chi connectivity index (χ1) is 6.90. The van der Waals surface area contributed by atoms with Gasteiger partial charge in [-0.1, -0.05) is 19.9 Å². The molecular weight excluding hydrogens is 196 g/mol. The van der Waals surface area contributed by atoms with Crippen molar-refractivity contribution in [1.29, 1.82) is 0 Å². The molecule has 0 rings (SSSR count). The fourth-order valence-electron chi connectivity index (χ4n) is 0.959. The van der Waals surface area contributed by atoms with Crippen molar-refractivity contribution in [3.05, 3.63) is 12.7 Å². The number of carbonyl (C=O) groups is 2. The molecule has 0 aliphatic carbocycles. The van der Waals surface area contributed by atoms with E-state index in [-0.39, 0.29) is 12.3 Å². The van der Waals surface area contributed by atoms with E-state index >= 15 is 0 Å². The molecule has 0 aliphatic rings. The number of hydrogen-bond donors (Lipinski definition) is 3. The summed E-state index contributed by atoms with van der Waals surface area (Å²) in [4.78, 5) is 22.2. The van der Waals surface area contributed by atoms with Crippen LogP contribution < -0.4 is 11.1 Å². The van der Waals surface area contributed by atoms with Crippen molar-refractivity contribution < 1.29 is 14.7 Å². The standard InChI is InChI=1S/C10H18N2O3/c1-4-5-7(10(14)15)12-9(13)8(11)6(2)3/h4,6-8H,1,5,11H2,2-3H3,(H,12,13)(H,14,15)/t7?,8-/m0/s1. The van der Waals surface area contributed by atoms with Gasteiger partial charge in [0.05, 0.1) is 6.04 Å². The van der Waals surface area contributed by atoms with Crippen molar-refractivity contribution in [3.8, 4) is 0 Å². The molecule has 4 N–H and O–H groups in total. The molecule has 0 aromatic carbocycles. The summed E-state index contributed by atoms with van der Waals surface area (Å²) < 4.78 is 0. The lowest BCUT2D eigenvalue weighted by atomic mass is 10.0. The first-order valence-electron chi connectivity index (χ1n) is 4.79. The number of rotatable bonds is 6. The predicted octanol–water partition coefficient (Wildman–Crippen LogP) is 0.115. The van der Waals surface area contributed by atoms with Crippen LogP contribution >= 0.6 is 0 Å². The van der Waals surface area contributed by atoms with Crippen molar-refractivity contribution >= 4 is 11.9 Å². The summed E-state index contributed by atoms with van der Waals surface area (Å²) in [5, 5.41) is 11.1. The minimum absolute atomic E-state index is 0.0248. The largest absolute Gasteiger partial charge is 0.480 e. The highest BCUT2D eigenvalue weighted by atomic mass is 16.4. The molecule has 1 amide bonds. The molecule has 0 aromatic rings. The number of nitrogens with one attached hydrogen (secondary N) is 1. The van der Waals surface area contributed by atoms with Gasteiger partial charge in [0.15, 0.2) is 0 Å². The van der Waals surface area contributed by atoms with Crippen LogP contribution in [0.5, 0.6) is 0 Å². The molecule has 5 nitrogen and oxygen atoms in total. The van der Waals surface area contributed by atoms with Gasteiger partial charge in [0, 0.05) is 0 Å². The van der Waals surface area contributed by atoms with Crippen molar-refractivity contribution in [1.82, 2.24) is 5.32 Å². The van der Waals surface area contributed by atoms with Gasteiger partial charge < -0.3 is 16.2 Å². The summed E-state index contributed by atoms with van der Waals surface area (Å²) in [5.41, 5.74) is 5.57. The zero-order valence-corrected chi connectivity index (χ0v) is 9.06. The van der Waals surface area contributed by atoms with Crippen LogP contribution in [0.4, 0.5) is 0 Å². The average molecular weight is 214 g/mol. The number of aliphatic carboxylic acids is 1. The van der Waals surface area contributed by atoms with E-state index < -0.39 is 24.0 Å².